The Labute approximate surface area is 59.7 Å². The molecule has 0 aromatic rings. The van der Waals surface area contributed by atoms with Gasteiger partial charge in [-0.2, -0.15) is 0 Å². The lowest BCUT2D eigenvalue weighted by Crippen LogP contribution is -1.98. The third-order valence-electron chi connectivity index (χ3n) is 0.777. The molecule has 1 unspecified atom stereocenters. The quantitative estimate of drug-likeness (QED) is 0.638. The largest absolute Gasteiger partial charge is 0.392 e. The van der Waals surface area contributed by atoms with Crippen molar-refractivity contribution in [3.8, 4) is 0 Å². The molecule has 5 heteroatoms. The number of rotatable bonds is 3. The van der Waals surface area contributed by atoms with E-state index in [1.165, 1.54) is 0 Å². The minimum atomic E-state index is -3.60. The molecular formula is C5H11O4P. The lowest BCUT2D eigenvalue weighted by molar-refractivity contribution is -0.132. The second-order valence-electron chi connectivity index (χ2n) is 1.94. The summed E-state index contributed by atoms with van der Waals surface area (Å²) in [6.07, 6.45) is 0.563. The topological polar surface area (TPSA) is 63.6 Å². The predicted octanol–water partition coefficient (Wildman–Crippen LogP) is 1.14. The number of carbonyl (C=O) groups is 1. The molecule has 1 atom stereocenters. The summed E-state index contributed by atoms with van der Waals surface area (Å²) in [7, 11) is -3.60. The third kappa shape index (κ3) is 4.53. The molecule has 0 aromatic heterocycles. The minimum absolute atomic E-state index is 0.0343. The van der Waals surface area contributed by atoms with Crippen molar-refractivity contribution in [2.24, 2.45) is 0 Å². The van der Waals surface area contributed by atoms with Crippen LogP contribution >= 0.6 is 7.60 Å². The Balaban J connectivity index is 3.87. The van der Waals surface area contributed by atoms with Gasteiger partial charge in [-0.3, -0.25) is 4.79 Å². The molecule has 0 amide bonds. The lowest BCUT2D eigenvalue weighted by Gasteiger charge is -2.07. The molecule has 10 heavy (non-hydrogen) atoms. The van der Waals surface area contributed by atoms with Gasteiger partial charge in [0.05, 0.1) is 6.16 Å². The van der Waals surface area contributed by atoms with Crippen LogP contribution in [-0.2, 0) is 13.9 Å². The van der Waals surface area contributed by atoms with Gasteiger partial charge < -0.3 is 9.42 Å². The smallest absolute Gasteiger partial charge is 0.378 e. The molecule has 0 saturated heterocycles. The molecule has 0 heterocycles. The monoisotopic (exact) mass is 166 g/mol. The first-order valence-corrected chi connectivity index (χ1v) is 4.76. The van der Waals surface area contributed by atoms with Crippen LogP contribution in [0.5, 0.6) is 0 Å². The summed E-state index contributed by atoms with van der Waals surface area (Å²) in [5, 5.41) is 0. The van der Waals surface area contributed by atoms with Gasteiger partial charge in [-0.15, -0.1) is 0 Å². The number of hydrogen-bond donors (Lipinski definition) is 1. The summed E-state index contributed by atoms with van der Waals surface area (Å²) in [5.74, 6) is -0.709. The van der Waals surface area contributed by atoms with Gasteiger partial charge in [0, 0.05) is 6.92 Å². The molecule has 0 aromatic carbocycles. The molecule has 60 valence electrons. The highest BCUT2D eigenvalue weighted by Crippen LogP contribution is 2.42. The van der Waals surface area contributed by atoms with Crippen molar-refractivity contribution in [1.82, 2.24) is 0 Å². The van der Waals surface area contributed by atoms with Crippen LogP contribution < -0.4 is 0 Å². The fourth-order valence-electron chi connectivity index (χ4n) is 0.529. The van der Waals surface area contributed by atoms with E-state index in [1.54, 1.807) is 6.92 Å². The van der Waals surface area contributed by atoms with Crippen molar-refractivity contribution in [2.75, 3.05) is 6.16 Å². The van der Waals surface area contributed by atoms with Crippen LogP contribution in [0.3, 0.4) is 0 Å². The van der Waals surface area contributed by atoms with Crippen LogP contribution in [0.15, 0.2) is 0 Å². The van der Waals surface area contributed by atoms with Crippen molar-refractivity contribution in [3.63, 3.8) is 0 Å². The summed E-state index contributed by atoms with van der Waals surface area (Å²) in [5.41, 5.74) is 0. The van der Waals surface area contributed by atoms with E-state index in [9.17, 15) is 9.36 Å². The fourth-order valence-corrected chi connectivity index (χ4v) is 1.59. The highest BCUT2D eigenvalue weighted by molar-refractivity contribution is 7.53. The molecule has 0 bridgehead atoms. The van der Waals surface area contributed by atoms with Crippen molar-refractivity contribution < 1.29 is 18.8 Å². The van der Waals surface area contributed by atoms with Gasteiger partial charge in [0.25, 0.3) is 0 Å². The maximum atomic E-state index is 10.7. The van der Waals surface area contributed by atoms with E-state index in [2.05, 4.69) is 4.52 Å². The highest BCUT2D eigenvalue weighted by atomic mass is 31.2. The van der Waals surface area contributed by atoms with E-state index in [4.69, 9.17) is 4.89 Å². The van der Waals surface area contributed by atoms with E-state index in [-0.39, 0.29) is 6.16 Å². The Hall–Kier alpha value is -0.340. The van der Waals surface area contributed by atoms with E-state index >= 15 is 0 Å². The Kier molecular flexibility index (Phi) is 3.61. The van der Waals surface area contributed by atoms with E-state index in [0.717, 1.165) is 6.92 Å². The Morgan fingerprint density at radius 3 is 2.50 bits per heavy atom. The van der Waals surface area contributed by atoms with Gasteiger partial charge in [0.2, 0.25) is 0 Å². The van der Waals surface area contributed by atoms with E-state index < -0.39 is 13.6 Å². The maximum absolute atomic E-state index is 10.7. The Bertz CT molecular complexity index is 165. The van der Waals surface area contributed by atoms with Crippen LogP contribution in [-0.4, -0.2) is 17.0 Å². The normalized spacial score (nSPS) is 15.9. The third-order valence-corrected chi connectivity index (χ3v) is 2.33. The van der Waals surface area contributed by atoms with Crippen molar-refractivity contribution in [1.29, 1.82) is 0 Å². The van der Waals surface area contributed by atoms with Gasteiger partial charge in [-0.25, -0.2) is 4.57 Å². The van der Waals surface area contributed by atoms with Gasteiger partial charge in [-0.05, 0) is 6.42 Å². The summed E-state index contributed by atoms with van der Waals surface area (Å²) in [6.45, 7) is 2.85. The number of carbonyl (C=O) groups excluding carboxylic acids is 1. The molecule has 0 aliphatic carbocycles. The van der Waals surface area contributed by atoms with Gasteiger partial charge >= 0.3 is 13.6 Å². The maximum Gasteiger partial charge on any atom is 0.378 e. The first-order valence-electron chi connectivity index (χ1n) is 3.00. The summed E-state index contributed by atoms with van der Waals surface area (Å²) in [6, 6.07) is 0. The predicted molar refractivity (Wildman–Crippen MR) is 36.7 cm³/mol. The molecule has 0 saturated carbocycles. The standard InChI is InChI=1S/C5H11O4P/c1-3-4-10(7,8)9-5(2)6/h3-4H2,1-2H3,(H,7,8). The van der Waals surface area contributed by atoms with E-state index in [1.807, 2.05) is 0 Å². The molecule has 0 radical (unpaired) electrons. The molecule has 0 aliphatic rings. The summed E-state index contributed by atoms with van der Waals surface area (Å²) in [4.78, 5) is 19.0. The fraction of sp³-hybridized carbons (Fsp3) is 0.800. The van der Waals surface area contributed by atoms with Crippen LogP contribution in [0.4, 0.5) is 0 Å². The average molecular weight is 166 g/mol. The minimum Gasteiger partial charge on any atom is -0.392 e. The molecule has 1 N–H and O–H groups in total. The van der Waals surface area contributed by atoms with Gasteiger partial charge in [0.15, 0.2) is 0 Å². The summed E-state index contributed by atoms with van der Waals surface area (Å²) < 4.78 is 14.9. The molecule has 0 spiro atoms. The van der Waals surface area contributed by atoms with Crippen molar-refractivity contribution >= 4 is 13.6 Å². The summed E-state index contributed by atoms with van der Waals surface area (Å²) >= 11 is 0. The molecule has 0 aliphatic heterocycles. The number of hydrogen-bond acceptors (Lipinski definition) is 3. The van der Waals surface area contributed by atoms with Crippen LogP contribution in [0.25, 0.3) is 0 Å². The van der Waals surface area contributed by atoms with Crippen LogP contribution in [0, 0.1) is 0 Å². The van der Waals surface area contributed by atoms with Gasteiger partial charge in [-0.1, -0.05) is 6.92 Å². The first kappa shape index (κ1) is 9.66. The van der Waals surface area contributed by atoms with Crippen molar-refractivity contribution in [2.45, 2.75) is 20.3 Å². The second kappa shape index (κ2) is 3.74. The van der Waals surface area contributed by atoms with Crippen molar-refractivity contribution in [3.05, 3.63) is 0 Å². The first-order chi connectivity index (χ1) is 4.48. The zero-order valence-corrected chi connectivity index (χ0v) is 6.93. The lowest BCUT2D eigenvalue weighted by atomic mass is 10.6. The van der Waals surface area contributed by atoms with Crippen LogP contribution in [0.1, 0.15) is 20.3 Å². The zero-order valence-electron chi connectivity index (χ0n) is 6.03. The Morgan fingerprint density at radius 2 is 2.20 bits per heavy atom. The molecule has 0 rings (SSSR count). The van der Waals surface area contributed by atoms with E-state index in [0.29, 0.717) is 6.42 Å². The average Bonchev–Trinajstić information content (AvgIpc) is 1.59. The zero-order chi connectivity index (χ0) is 8.20. The second-order valence-corrected chi connectivity index (χ2v) is 3.85. The SMILES string of the molecule is CCCP(=O)(O)OC(C)=O. The highest BCUT2D eigenvalue weighted by Gasteiger charge is 2.19. The molecule has 0 fully saturated rings. The molecule has 4 nitrogen and oxygen atoms in total. The van der Waals surface area contributed by atoms with Crippen LogP contribution in [0.2, 0.25) is 0 Å². The van der Waals surface area contributed by atoms with Gasteiger partial charge in [0.1, 0.15) is 0 Å². The Morgan fingerprint density at radius 1 is 1.70 bits per heavy atom. The molecular weight excluding hydrogens is 155 g/mol.